The van der Waals surface area contributed by atoms with Crippen LogP contribution in [0.15, 0.2) is 24.4 Å². The number of halogens is 2. The van der Waals surface area contributed by atoms with E-state index in [9.17, 15) is 8.78 Å². The molecule has 1 aromatic heterocycles. The Morgan fingerprint density at radius 3 is 2.72 bits per heavy atom. The summed E-state index contributed by atoms with van der Waals surface area (Å²) in [5.41, 5.74) is 1.54. The Balaban J connectivity index is 2.00. The summed E-state index contributed by atoms with van der Waals surface area (Å²) in [6, 6.07) is 1.91. The van der Waals surface area contributed by atoms with E-state index < -0.39 is 17.7 Å². The molecule has 0 spiro atoms. The van der Waals surface area contributed by atoms with Gasteiger partial charge in [0.25, 0.3) is 5.17 Å². The number of benzene rings is 1. The van der Waals surface area contributed by atoms with E-state index in [-0.39, 0.29) is 10.7 Å². The minimum atomic E-state index is -0.680. The standard InChI is InChI=1S/C16H16F2N4OS2/c1-23-16(24)20-15(13-8-19-22-21-13)10-6-11(17)14(12(18)7-10)9-2-4-25-5-3-9/h2,6-8,15H,3-5H2,1H3,(H,20,24)(H,19,21,22). The lowest BCUT2D eigenvalue weighted by atomic mass is 9.96. The highest BCUT2D eigenvalue weighted by molar-refractivity contribution is 7.99. The van der Waals surface area contributed by atoms with Crippen LogP contribution in [-0.4, -0.2) is 39.2 Å². The van der Waals surface area contributed by atoms with E-state index in [4.69, 9.17) is 17.0 Å². The number of hydrogen-bond acceptors (Lipinski definition) is 5. The zero-order chi connectivity index (χ0) is 17.8. The van der Waals surface area contributed by atoms with Crippen LogP contribution in [0.3, 0.4) is 0 Å². The molecule has 9 heteroatoms. The van der Waals surface area contributed by atoms with E-state index in [2.05, 4.69) is 20.7 Å². The van der Waals surface area contributed by atoms with Crippen molar-refractivity contribution in [1.82, 2.24) is 20.7 Å². The summed E-state index contributed by atoms with van der Waals surface area (Å²) in [6.45, 7) is 0. The molecule has 0 fully saturated rings. The number of thioether (sulfide) groups is 1. The number of aromatic amines is 1. The number of thiocarbonyl (C=S) groups is 1. The van der Waals surface area contributed by atoms with E-state index in [0.29, 0.717) is 23.3 Å². The van der Waals surface area contributed by atoms with Crippen LogP contribution in [-0.2, 0) is 4.74 Å². The number of aromatic nitrogens is 3. The van der Waals surface area contributed by atoms with Crippen molar-refractivity contribution in [3.05, 3.63) is 52.9 Å². The number of methoxy groups -OCH3 is 1. The molecule has 0 aliphatic carbocycles. The number of nitrogens with one attached hydrogen (secondary N) is 2. The summed E-state index contributed by atoms with van der Waals surface area (Å²) in [4.78, 5) is 0. The minimum Gasteiger partial charge on any atom is -0.474 e. The average Bonchev–Trinajstić information content (AvgIpc) is 3.14. The molecule has 0 amide bonds. The molecule has 0 saturated carbocycles. The Morgan fingerprint density at radius 2 is 2.16 bits per heavy atom. The molecule has 2 N–H and O–H groups in total. The number of H-pyrrole nitrogens is 1. The lowest BCUT2D eigenvalue weighted by molar-refractivity contribution is 0.386. The number of ether oxygens (including phenoxy) is 1. The molecule has 1 aliphatic rings. The topological polar surface area (TPSA) is 62.8 Å². The maximum Gasteiger partial charge on any atom is 0.257 e. The van der Waals surface area contributed by atoms with E-state index in [1.54, 1.807) is 11.8 Å². The van der Waals surface area contributed by atoms with Gasteiger partial charge in [0.1, 0.15) is 23.4 Å². The number of rotatable bonds is 4. The fourth-order valence-corrected chi connectivity index (χ4v) is 3.64. The number of nitrogens with zero attached hydrogens (tertiary/aromatic N) is 2. The monoisotopic (exact) mass is 382 g/mol. The van der Waals surface area contributed by atoms with Crippen LogP contribution in [0.1, 0.15) is 29.3 Å². The molecule has 1 unspecified atom stereocenters. The van der Waals surface area contributed by atoms with Crippen LogP contribution < -0.4 is 5.32 Å². The molecule has 1 aromatic carbocycles. The molecule has 1 atom stereocenters. The third kappa shape index (κ3) is 3.98. The normalized spacial score (nSPS) is 15.4. The summed E-state index contributed by atoms with van der Waals surface area (Å²) >= 11 is 6.75. The molecule has 2 aromatic rings. The van der Waals surface area contributed by atoms with Gasteiger partial charge in [-0.25, -0.2) is 8.78 Å². The first-order valence-corrected chi connectivity index (χ1v) is 9.12. The SMILES string of the molecule is COC(=S)NC(c1cc(F)c(C2=CCSCC2)c(F)c1)c1cn[nH]n1. The van der Waals surface area contributed by atoms with Crippen LogP contribution in [0, 0.1) is 11.6 Å². The highest BCUT2D eigenvalue weighted by Gasteiger charge is 2.23. The van der Waals surface area contributed by atoms with Crippen LogP contribution in [0.4, 0.5) is 8.78 Å². The first-order valence-electron chi connectivity index (χ1n) is 7.56. The van der Waals surface area contributed by atoms with Crippen LogP contribution >= 0.6 is 24.0 Å². The second-order valence-electron chi connectivity index (χ2n) is 5.38. The molecule has 0 saturated heterocycles. The van der Waals surface area contributed by atoms with Gasteiger partial charge in [0, 0.05) is 11.3 Å². The highest BCUT2D eigenvalue weighted by atomic mass is 32.2. The molecule has 2 heterocycles. The second kappa shape index (κ2) is 7.92. The van der Waals surface area contributed by atoms with Gasteiger partial charge in [0.05, 0.1) is 13.3 Å². The van der Waals surface area contributed by atoms with Crippen molar-refractivity contribution in [2.75, 3.05) is 18.6 Å². The fraction of sp³-hybridized carbons (Fsp3) is 0.312. The van der Waals surface area contributed by atoms with Crippen molar-refractivity contribution in [2.45, 2.75) is 12.5 Å². The van der Waals surface area contributed by atoms with Gasteiger partial charge in [-0.1, -0.05) is 6.08 Å². The Kier molecular flexibility index (Phi) is 5.64. The first kappa shape index (κ1) is 17.8. The maximum absolute atomic E-state index is 14.7. The summed E-state index contributed by atoms with van der Waals surface area (Å²) in [6.07, 6.45) is 3.99. The molecule has 0 radical (unpaired) electrons. The van der Waals surface area contributed by atoms with E-state index in [0.717, 1.165) is 11.5 Å². The van der Waals surface area contributed by atoms with Crippen molar-refractivity contribution in [1.29, 1.82) is 0 Å². The summed E-state index contributed by atoms with van der Waals surface area (Å²) < 4.78 is 34.3. The third-order valence-electron chi connectivity index (χ3n) is 3.86. The Labute approximate surface area is 153 Å². The lowest BCUT2D eigenvalue weighted by Gasteiger charge is -2.20. The minimum absolute atomic E-state index is 0.0391. The predicted octanol–water partition coefficient (Wildman–Crippen LogP) is 3.21. The Morgan fingerprint density at radius 1 is 1.40 bits per heavy atom. The van der Waals surface area contributed by atoms with Gasteiger partial charge in [0.15, 0.2) is 0 Å². The summed E-state index contributed by atoms with van der Waals surface area (Å²) in [5.74, 6) is 0.414. The zero-order valence-electron chi connectivity index (χ0n) is 13.4. The van der Waals surface area contributed by atoms with Crippen molar-refractivity contribution in [3.63, 3.8) is 0 Å². The van der Waals surface area contributed by atoms with Crippen molar-refractivity contribution in [3.8, 4) is 0 Å². The van der Waals surface area contributed by atoms with Crippen molar-refractivity contribution >= 4 is 34.7 Å². The molecular weight excluding hydrogens is 366 g/mol. The molecular formula is C16H16F2N4OS2. The third-order valence-corrected chi connectivity index (χ3v) is 5.04. The van der Waals surface area contributed by atoms with E-state index >= 15 is 0 Å². The van der Waals surface area contributed by atoms with Crippen molar-refractivity contribution in [2.24, 2.45) is 0 Å². The highest BCUT2D eigenvalue weighted by Crippen LogP contribution is 2.32. The van der Waals surface area contributed by atoms with Crippen LogP contribution in [0.2, 0.25) is 0 Å². The number of hydrogen-bond donors (Lipinski definition) is 2. The Hall–Kier alpha value is -2.00. The predicted molar refractivity (Wildman–Crippen MR) is 97.2 cm³/mol. The summed E-state index contributed by atoms with van der Waals surface area (Å²) in [7, 11) is 1.41. The van der Waals surface area contributed by atoms with Gasteiger partial charge in [-0.05, 0) is 47.7 Å². The Bertz CT molecular complexity index is 772. The quantitative estimate of drug-likeness (QED) is 0.792. The maximum atomic E-state index is 14.7. The van der Waals surface area contributed by atoms with Gasteiger partial charge in [0.2, 0.25) is 0 Å². The second-order valence-corrected chi connectivity index (χ2v) is 6.90. The zero-order valence-corrected chi connectivity index (χ0v) is 15.0. The molecule has 1 aliphatic heterocycles. The smallest absolute Gasteiger partial charge is 0.257 e. The van der Waals surface area contributed by atoms with Crippen molar-refractivity contribution < 1.29 is 13.5 Å². The lowest BCUT2D eigenvalue weighted by Crippen LogP contribution is -2.29. The van der Waals surface area contributed by atoms with Crippen LogP contribution in [0.5, 0.6) is 0 Å². The average molecular weight is 382 g/mol. The number of allylic oxidation sites excluding steroid dienone is 1. The van der Waals surface area contributed by atoms with E-state index in [1.165, 1.54) is 25.4 Å². The fourth-order valence-electron chi connectivity index (χ4n) is 2.67. The molecule has 25 heavy (non-hydrogen) atoms. The largest absolute Gasteiger partial charge is 0.474 e. The van der Waals surface area contributed by atoms with Gasteiger partial charge in [-0.2, -0.15) is 27.2 Å². The molecule has 3 rings (SSSR count). The molecule has 5 nitrogen and oxygen atoms in total. The molecule has 0 bridgehead atoms. The van der Waals surface area contributed by atoms with Gasteiger partial charge < -0.3 is 10.1 Å². The first-order chi connectivity index (χ1) is 12.1. The van der Waals surface area contributed by atoms with Gasteiger partial charge in [-0.15, -0.1) is 0 Å². The van der Waals surface area contributed by atoms with Gasteiger partial charge >= 0.3 is 0 Å². The van der Waals surface area contributed by atoms with Crippen LogP contribution in [0.25, 0.3) is 5.57 Å². The summed E-state index contributed by atoms with van der Waals surface area (Å²) in [5, 5.41) is 13.2. The van der Waals surface area contributed by atoms with E-state index in [1.807, 2.05) is 6.08 Å². The van der Waals surface area contributed by atoms with Gasteiger partial charge in [-0.3, -0.25) is 0 Å². The molecule has 132 valence electrons.